The molecular formula is C22H27N3O4. The zero-order valence-corrected chi connectivity index (χ0v) is 16.9. The van der Waals surface area contributed by atoms with Crippen LogP contribution in [0.3, 0.4) is 0 Å². The molecule has 7 heteroatoms. The number of methoxy groups -OCH3 is 1. The first kappa shape index (κ1) is 20.7. The SMILES string of the molecule is COc1ccc2[nH]c(C(=O)Nc3ccc(OCC(O)CNC(C)C)cc3)cc2c1. The summed E-state index contributed by atoms with van der Waals surface area (Å²) in [5, 5.41) is 16.8. The van der Waals surface area contributed by atoms with Crippen LogP contribution >= 0.6 is 0 Å². The van der Waals surface area contributed by atoms with E-state index in [1.807, 2.05) is 32.0 Å². The number of fused-ring (bicyclic) bond motifs is 1. The maximum Gasteiger partial charge on any atom is 0.272 e. The number of aliphatic hydroxyl groups excluding tert-OH is 1. The fourth-order valence-electron chi connectivity index (χ4n) is 2.82. The summed E-state index contributed by atoms with van der Waals surface area (Å²) < 4.78 is 10.8. The lowest BCUT2D eigenvalue weighted by Gasteiger charge is -2.15. The van der Waals surface area contributed by atoms with Gasteiger partial charge in [-0.25, -0.2) is 0 Å². The highest BCUT2D eigenvalue weighted by atomic mass is 16.5. The number of rotatable bonds is 9. The van der Waals surface area contributed by atoms with Crippen LogP contribution in [0.15, 0.2) is 48.5 Å². The summed E-state index contributed by atoms with van der Waals surface area (Å²) >= 11 is 0. The van der Waals surface area contributed by atoms with Gasteiger partial charge >= 0.3 is 0 Å². The molecule has 29 heavy (non-hydrogen) atoms. The summed E-state index contributed by atoms with van der Waals surface area (Å²) in [6.45, 7) is 4.71. The molecule has 1 heterocycles. The summed E-state index contributed by atoms with van der Waals surface area (Å²) in [6.07, 6.45) is -0.586. The van der Waals surface area contributed by atoms with Gasteiger partial charge in [-0.05, 0) is 48.5 Å². The van der Waals surface area contributed by atoms with Crippen LogP contribution in [0.4, 0.5) is 5.69 Å². The maximum atomic E-state index is 12.5. The quantitative estimate of drug-likeness (QED) is 0.445. The van der Waals surface area contributed by atoms with Crippen molar-refractivity contribution < 1.29 is 19.4 Å². The Kier molecular flexibility index (Phi) is 6.74. The van der Waals surface area contributed by atoms with Crippen molar-refractivity contribution in [3.05, 3.63) is 54.2 Å². The molecule has 0 radical (unpaired) electrons. The third kappa shape index (κ3) is 5.73. The van der Waals surface area contributed by atoms with E-state index in [0.717, 1.165) is 16.7 Å². The van der Waals surface area contributed by atoms with Crippen LogP contribution in [-0.4, -0.2) is 48.4 Å². The van der Waals surface area contributed by atoms with Gasteiger partial charge in [0.15, 0.2) is 0 Å². The minimum atomic E-state index is -0.586. The lowest BCUT2D eigenvalue weighted by atomic mass is 10.2. The van der Waals surface area contributed by atoms with Crippen LogP contribution < -0.4 is 20.1 Å². The molecular weight excluding hydrogens is 370 g/mol. The van der Waals surface area contributed by atoms with E-state index in [0.29, 0.717) is 29.7 Å². The molecule has 154 valence electrons. The number of carbonyl (C=O) groups excluding carboxylic acids is 1. The molecule has 0 spiro atoms. The van der Waals surface area contributed by atoms with Gasteiger partial charge in [0.2, 0.25) is 0 Å². The van der Waals surface area contributed by atoms with Crippen molar-refractivity contribution in [1.82, 2.24) is 10.3 Å². The van der Waals surface area contributed by atoms with E-state index >= 15 is 0 Å². The van der Waals surface area contributed by atoms with Gasteiger partial charge < -0.3 is 30.2 Å². The highest BCUT2D eigenvalue weighted by Crippen LogP contribution is 2.22. The number of hydrogen-bond donors (Lipinski definition) is 4. The molecule has 1 atom stereocenters. The third-order valence-electron chi connectivity index (χ3n) is 4.39. The number of nitrogens with one attached hydrogen (secondary N) is 3. The molecule has 0 aliphatic heterocycles. The summed E-state index contributed by atoms with van der Waals surface area (Å²) in [4.78, 5) is 15.6. The topological polar surface area (TPSA) is 95.6 Å². The van der Waals surface area contributed by atoms with Crippen LogP contribution in [0.1, 0.15) is 24.3 Å². The van der Waals surface area contributed by atoms with Gasteiger partial charge in [0.25, 0.3) is 5.91 Å². The minimum Gasteiger partial charge on any atom is -0.497 e. The number of aromatic nitrogens is 1. The number of aromatic amines is 1. The zero-order valence-electron chi connectivity index (χ0n) is 16.9. The van der Waals surface area contributed by atoms with Crippen molar-refractivity contribution in [3.63, 3.8) is 0 Å². The van der Waals surface area contributed by atoms with Crippen LogP contribution in [0.25, 0.3) is 10.9 Å². The molecule has 3 aromatic rings. The first-order valence-corrected chi connectivity index (χ1v) is 9.57. The number of ether oxygens (including phenoxy) is 2. The van der Waals surface area contributed by atoms with Gasteiger partial charge in [-0.2, -0.15) is 0 Å². The summed E-state index contributed by atoms with van der Waals surface area (Å²) in [6, 6.07) is 14.7. The fourth-order valence-corrected chi connectivity index (χ4v) is 2.82. The summed E-state index contributed by atoms with van der Waals surface area (Å²) in [5.74, 6) is 1.14. The lowest BCUT2D eigenvalue weighted by Crippen LogP contribution is -2.35. The Morgan fingerprint density at radius 1 is 1.10 bits per heavy atom. The molecule has 3 rings (SSSR count). The molecule has 0 aliphatic carbocycles. The van der Waals surface area contributed by atoms with Crippen molar-refractivity contribution in [2.45, 2.75) is 26.0 Å². The van der Waals surface area contributed by atoms with E-state index < -0.39 is 6.10 Å². The van der Waals surface area contributed by atoms with Crippen LogP contribution in [-0.2, 0) is 0 Å². The predicted molar refractivity (Wildman–Crippen MR) is 114 cm³/mol. The lowest BCUT2D eigenvalue weighted by molar-refractivity contribution is 0.102. The number of carbonyl (C=O) groups is 1. The average Bonchev–Trinajstić information content (AvgIpc) is 3.15. The van der Waals surface area contributed by atoms with Crippen LogP contribution in [0.5, 0.6) is 11.5 Å². The van der Waals surface area contributed by atoms with E-state index in [4.69, 9.17) is 9.47 Å². The van der Waals surface area contributed by atoms with Crippen molar-refractivity contribution >= 4 is 22.5 Å². The molecule has 2 aromatic carbocycles. The second-order valence-corrected chi connectivity index (χ2v) is 7.14. The Morgan fingerprint density at radius 2 is 1.83 bits per heavy atom. The largest absolute Gasteiger partial charge is 0.497 e. The molecule has 1 aromatic heterocycles. The number of H-pyrrole nitrogens is 1. The van der Waals surface area contributed by atoms with Crippen LogP contribution in [0, 0.1) is 0 Å². The Bertz CT molecular complexity index is 950. The highest BCUT2D eigenvalue weighted by molar-refractivity contribution is 6.06. The standard InChI is InChI=1S/C22H27N3O4/c1-14(2)23-12-17(26)13-29-18-6-4-16(5-7-18)24-22(27)21-11-15-10-19(28-3)8-9-20(15)25-21/h4-11,14,17,23,25-26H,12-13H2,1-3H3,(H,24,27). The predicted octanol–water partition coefficient (Wildman–Crippen LogP) is 3.17. The van der Waals surface area contributed by atoms with Gasteiger partial charge in [-0.15, -0.1) is 0 Å². The van der Waals surface area contributed by atoms with Crippen molar-refractivity contribution in [2.24, 2.45) is 0 Å². The smallest absolute Gasteiger partial charge is 0.272 e. The fraction of sp³-hybridized carbons (Fsp3) is 0.318. The van der Waals surface area contributed by atoms with E-state index in [2.05, 4.69) is 15.6 Å². The van der Waals surface area contributed by atoms with Crippen molar-refractivity contribution in [1.29, 1.82) is 0 Å². The Balaban J connectivity index is 1.56. The van der Waals surface area contributed by atoms with E-state index in [-0.39, 0.29) is 12.5 Å². The van der Waals surface area contributed by atoms with Gasteiger partial charge in [-0.1, -0.05) is 13.8 Å². The average molecular weight is 397 g/mol. The summed E-state index contributed by atoms with van der Waals surface area (Å²) in [5.41, 5.74) is 1.99. The van der Waals surface area contributed by atoms with Crippen LogP contribution in [0.2, 0.25) is 0 Å². The first-order chi connectivity index (χ1) is 13.9. The van der Waals surface area contributed by atoms with Gasteiger partial charge in [0.1, 0.15) is 29.9 Å². The maximum absolute atomic E-state index is 12.5. The highest BCUT2D eigenvalue weighted by Gasteiger charge is 2.11. The van der Waals surface area contributed by atoms with Crippen molar-refractivity contribution in [3.8, 4) is 11.5 Å². The van der Waals surface area contributed by atoms with Gasteiger partial charge in [-0.3, -0.25) is 4.79 Å². The molecule has 0 bridgehead atoms. The monoisotopic (exact) mass is 397 g/mol. The molecule has 1 unspecified atom stereocenters. The second-order valence-electron chi connectivity index (χ2n) is 7.14. The van der Waals surface area contributed by atoms with E-state index in [1.165, 1.54) is 0 Å². The van der Waals surface area contributed by atoms with Gasteiger partial charge in [0.05, 0.1) is 7.11 Å². The number of aliphatic hydroxyl groups is 1. The zero-order chi connectivity index (χ0) is 20.8. The molecule has 4 N–H and O–H groups in total. The number of hydrogen-bond acceptors (Lipinski definition) is 5. The van der Waals surface area contributed by atoms with E-state index in [9.17, 15) is 9.90 Å². The van der Waals surface area contributed by atoms with E-state index in [1.54, 1.807) is 37.4 Å². The number of anilines is 1. The molecule has 0 saturated heterocycles. The Labute approximate surface area is 170 Å². The molecule has 0 fully saturated rings. The molecule has 7 nitrogen and oxygen atoms in total. The molecule has 0 aliphatic rings. The number of amides is 1. The summed E-state index contributed by atoms with van der Waals surface area (Å²) in [7, 11) is 1.61. The third-order valence-corrected chi connectivity index (χ3v) is 4.39. The minimum absolute atomic E-state index is 0.198. The second kappa shape index (κ2) is 9.45. The first-order valence-electron chi connectivity index (χ1n) is 9.57. The van der Waals surface area contributed by atoms with Crippen molar-refractivity contribution in [2.75, 3.05) is 25.6 Å². The normalized spacial score (nSPS) is 12.2. The molecule has 0 saturated carbocycles. The van der Waals surface area contributed by atoms with Gasteiger partial charge in [0, 0.05) is 29.2 Å². The Morgan fingerprint density at radius 3 is 2.52 bits per heavy atom. The Hall–Kier alpha value is -3.03. The molecule has 1 amide bonds. The number of benzene rings is 2.